The minimum atomic E-state index is -0.854. The molecule has 1 heterocycles. The number of hydrogen-bond acceptors (Lipinski definition) is 1. The first-order valence-electron chi connectivity index (χ1n) is 6.25. The number of halogens is 4. The van der Waals surface area contributed by atoms with Crippen LogP contribution in [0.4, 0.5) is 8.78 Å². The molecule has 0 aliphatic heterocycles. The molecule has 1 aromatic heterocycles. The van der Waals surface area contributed by atoms with Crippen molar-refractivity contribution in [2.75, 3.05) is 0 Å². The predicted molar refractivity (Wildman–Crippen MR) is 88.3 cm³/mol. The summed E-state index contributed by atoms with van der Waals surface area (Å²) in [6.45, 7) is 1.60. The van der Waals surface area contributed by atoms with Gasteiger partial charge in [0.2, 0.25) is 0 Å². The first kappa shape index (κ1) is 14.9. The van der Waals surface area contributed by atoms with Crippen LogP contribution in [-0.2, 0) is 0 Å². The first-order valence-corrected chi connectivity index (χ1v) is 8.35. The Balaban J connectivity index is 2.20. The van der Waals surface area contributed by atoms with Gasteiger partial charge in [-0.1, -0.05) is 18.2 Å². The van der Waals surface area contributed by atoms with E-state index in [1.54, 1.807) is 6.92 Å². The Hall–Kier alpha value is -0.970. The fraction of sp³-hybridized carbons (Fsp3) is 0.125. The zero-order valence-corrected chi connectivity index (χ0v) is 14.1. The minimum Gasteiger partial charge on any atom is -0.207 e. The van der Waals surface area contributed by atoms with Gasteiger partial charge in [-0.3, -0.25) is 0 Å². The van der Waals surface area contributed by atoms with Crippen molar-refractivity contribution >= 4 is 49.0 Å². The number of hydrogen-bond donors (Lipinski definition) is 0. The van der Waals surface area contributed by atoms with Gasteiger partial charge in [-0.15, -0.1) is 22.9 Å². The average Bonchev–Trinajstić information content (AvgIpc) is 2.88. The molecule has 0 spiro atoms. The van der Waals surface area contributed by atoms with Gasteiger partial charge in [0.05, 0.1) is 5.38 Å². The molecule has 1 unspecified atom stereocenters. The summed E-state index contributed by atoms with van der Waals surface area (Å²) in [6, 6.07) is 8.40. The monoisotopic (exact) mass is 386 g/mol. The Morgan fingerprint density at radius 2 is 1.95 bits per heavy atom. The Morgan fingerprint density at radius 1 is 1.19 bits per heavy atom. The molecule has 21 heavy (non-hydrogen) atoms. The highest BCUT2D eigenvalue weighted by atomic mass is 79.9. The van der Waals surface area contributed by atoms with Crippen LogP contribution < -0.4 is 0 Å². The third kappa shape index (κ3) is 2.50. The lowest BCUT2D eigenvalue weighted by Gasteiger charge is -2.13. The second-order valence-corrected chi connectivity index (χ2v) is 6.93. The van der Waals surface area contributed by atoms with Crippen molar-refractivity contribution in [3.05, 3.63) is 68.5 Å². The van der Waals surface area contributed by atoms with Crippen LogP contribution in [0.15, 0.2) is 40.2 Å². The lowest BCUT2D eigenvalue weighted by atomic mass is 10.0. The van der Waals surface area contributed by atoms with Crippen molar-refractivity contribution in [3.63, 3.8) is 0 Å². The van der Waals surface area contributed by atoms with Gasteiger partial charge in [0, 0.05) is 14.7 Å². The van der Waals surface area contributed by atoms with Crippen molar-refractivity contribution in [2.24, 2.45) is 0 Å². The number of benzene rings is 2. The lowest BCUT2D eigenvalue weighted by Crippen LogP contribution is -2.02. The van der Waals surface area contributed by atoms with E-state index in [2.05, 4.69) is 15.9 Å². The van der Waals surface area contributed by atoms with Crippen molar-refractivity contribution in [3.8, 4) is 0 Å². The van der Waals surface area contributed by atoms with Crippen molar-refractivity contribution in [1.29, 1.82) is 0 Å². The topological polar surface area (TPSA) is 0 Å². The molecule has 0 N–H and O–H groups in total. The van der Waals surface area contributed by atoms with Crippen LogP contribution in [0.25, 0.3) is 10.1 Å². The summed E-state index contributed by atoms with van der Waals surface area (Å²) in [7, 11) is 0. The molecule has 3 aromatic rings. The van der Waals surface area contributed by atoms with E-state index in [1.165, 1.54) is 23.5 Å². The SMILES string of the molecule is Cc1ccc(F)c(C(Cl)c2csc3c(Br)cccc23)c1F. The molecule has 3 rings (SSSR count). The molecule has 0 aliphatic rings. The van der Waals surface area contributed by atoms with Crippen molar-refractivity contribution < 1.29 is 8.78 Å². The second-order valence-electron chi connectivity index (χ2n) is 4.76. The summed E-state index contributed by atoms with van der Waals surface area (Å²) < 4.78 is 30.2. The van der Waals surface area contributed by atoms with Gasteiger partial charge in [-0.2, -0.15) is 0 Å². The molecule has 0 saturated heterocycles. The third-order valence-electron chi connectivity index (χ3n) is 3.43. The van der Waals surface area contributed by atoms with Gasteiger partial charge < -0.3 is 0 Å². The zero-order valence-electron chi connectivity index (χ0n) is 11.0. The van der Waals surface area contributed by atoms with E-state index in [0.29, 0.717) is 5.56 Å². The molecule has 1 atom stereocenters. The molecule has 0 radical (unpaired) electrons. The van der Waals surface area contributed by atoms with Crippen LogP contribution in [0.5, 0.6) is 0 Å². The van der Waals surface area contributed by atoms with E-state index >= 15 is 0 Å². The largest absolute Gasteiger partial charge is 0.207 e. The fourth-order valence-electron chi connectivity index (χ4n) is 2.30. The number of thiophene rings is 1. The smallest absolute Gasteiger partial charge is 0.134 e. The maximum atomic E-state index is 14.3. The summed E-state index contributed by atoms with van der Waals surface area (Å²) in [5, 5.41) is 1.91. The summed E-state index contributed by atoms with van der Waals surface area (Å²) in [5.41, 5.74) is 1.02. The molecular formula is C16H10BrClF2S. The van der Waals surface area contributed by atoms with Crippen LogP contribution in [-0.4, -0.2) is 0 Å². The van der Waals surface area contributed by atoms with Gasteiger partial charge in [0.1, 0.15) is 11.6 Å². The van der Waals surface area contributed by atoms with Gasteiger partial charge in [-0.05, 0) is 56.9 Å². The van der Waals surface area contributed by atoms with Crippen LogP contribution in [0.2, 0.25) is 0 Å². The van der Waals surface area contributed by atoms with Crippen LogP contribution in [0.1, 0.15) is 22.1 Å². The molecule has 2 aromatic carbocycles. The zero-order chi connectivity index (χ0) is 15.1. The Morgan fingerprint density at radius 3 is 2.71 bits per heavy atom. The predicted octanol–water partition coefficient (Wildman–Crippen LogP) is 6.58. The molecular weight excluding hydrogens is 378 g/mol. The normalized spacial score (nSPS) is 12.8. The number of rotatable bonds is 2. The van der Waals surface area contributed by atoms with E-state index in [0.717, 1.165) is 20.1 Å². The maximum absolute atomic E-state index is 14.3. The first-order chi connectivity index (χ1) is 10.0. The molecule has 0 fully saturated rings. The molecule has 0 amide bonds. The van der Waals surface area contributed by atoms with E-state index in [9.17, 15) is 8.78 Å². The minimum absolute atomic E-state index is 0.0867. The Bertz CT molecular complexity index is 829. The molecule has 0 saturated carbocycles. The maximum Gasteiger partial charge on any atom is 0.134 e. The summed E-state index contributed by atoms with van der Waals surface area (Å²) >= 11 is 11.4. The Kier molecular flexibility index (Phi) is 4.04. The molecule has 108 valence electrons. The van der Waals surface area contributed by atoms with Gasteiger partial charge in [0.15, 0.2) is 0 Å². The van der Waals surface area contributed by atoms with Crippen molar-refractivity contribution in [1.82, 2.24) is 0 Å². The highest BCUT2D eigenvalue weighted by Gasteiger charge is 2.24. The summed E-state index contributed by atoms with van der Waals surface area (Å²) in [4.78, 5) is 0. The fourth-order valence-corrected chi connectivity index (χ4v) is 4.41. The van der Waals surface area contributed by atoms with E-state index in [4.69, 9.17) is 11.6 Å². The van der Waals surface area contributed by atoms with Gasteiger partial charge >= 0.3 is 0 Å². The quantitative estimate of drug-likeness (QED) is 0.436. The summed E-state index contributed by atoms with van der Waals surface area (Å²) in [5.74, 6) is -1.20. The number of alkyl halides is 1. The van der Waals surface area contributed by atoms with E-state index in [-0.39, 0.29) is 5.56 Å². The van der Waals surface area contributed by atoms with Crippen molar-refractivity contribution in [2.45, 2.75) is 12.3 Å². The Labute approximate surface area is 138 Å². The van der Waals surface area contributed by atoms with Crippen LogP contribution >= 0.6 is 38.9 Å². The second kappa shape index (κ2) is 5.67. The van der Waals surface area contributed by atoms with Crippen LogP contribution in [0, 0.1) is 18.6 Å². The van der Waals surface area contributed by atoms with Crippen LogP contribution in [0.3, 0.4) is 0 Å². The van der Waals surface area contributed by atoms with E-state index < -0.39 is 17.0 Å². The average molecular weight is 388 g/mol. The highest BCUT2D eigenvalue weighted by Crippen LogP contribution is 2.41. The molecule has 0 nitrogen and oxygen atoms in total. The van der Waals surface area contributed by atoms with E-state index in [1.807, 2.05) is 23.6 Å². The number of fused-ring (bicyclic) bond motifs is 1. The third-order valence-corrected chi connectivity index (χ3v) is 5.85. The van der Waals surface area contributed by atoms with Gasteiger partial charge in [0.25, 0.3) is 0 Å². The molecule has 0 bridgehead atoms. The lowest BCUT2D eigenvalue weighted by molar-refractivity contribution is 0.554. The standard InChI is InChI=1S/C16H10BrClF2S/c1-8-5-6-12(19)13(15(8)20)14(18)10-7-21-16-9(10)3-2-4-11(16)17/h2-7,14H,1H3. The summed E-state index contributed by atoms with van der Waals surface area (Å²) in [6.07, 6.45) is 0. The highest BCUT2D eigenvalue weighted by molar-refractivity contribution is 9.10. The van der Waals surface area contributed by atoms with Gasteiger partial charge in [-0.25, -0.2) is 8.78 Å². The molecule has 0 aliphatic carbocycles. The number of aryl methyl sites for hydroxylation is 1. The molecule has 5 heteroatoms.